The molecule has 2 nitrogen and oxygen atoms in total. The van der Waals surface area contributed by atoms with Crippen molar-refractivity contribution in [3.05, 3.63) is 17.0 Å². The Kier molecular flexibility index (Phi) is 1.98. The molecule has 1 aromatic heterocycles. The van der Waals surface area contributed by atoms with Crippen molar-refractivity contribution < 1.29 is 0 Å². The van der Waals surface area contributed by atoms with Gasteiger partial charge < -0.3 is 4.57 Å². The third-order valence-electron chi connectivity index (χ3n) is 2.65. The van der Waals surface area contributed by atoms with E-state index in [0.29, 0.717) is 0 Å². The molecule has 2 aliphatic rings. The van der Waals surface area contributed by atoms with Crippen molar-refractivity contribution in [3.63, 3.8) is 0 Å². The fraction of sp³-hybridized carbons (Fsp3) is 0.545. The summed E-state index contributed by atoms with van der Waals surface area (Å²) in [5.41, 5.74) is 0. The van der Waals surface area contributed by atoms with Gasteiger partial charge in [-0.15, -0.1) is 0 Å². The monoisotopic (exact) mass is 176 g/mol. The van der Waals surface area contributed by atoms with Crippen molar-refractivity contribution in [1.29, 1.82) is 0 Å². The standard InChI is InChI=1S/C9H10N2.C2H6/c1-11-5-10-8-3-6-2-7(6)4-9(8)11;1-2/h3-7H,2H2,1H3;1-2H3. The van der Waals surface area contributed by atoms with Gasteiger partial charge in [0.05, 0.1) is 17.0 Å². The van der Waals surface area contributed by atoms with E-state index in [1.54, 1.807) is 0 Å². The molecule has 2 unspecified atom stereocenters. The van der Waals surface area contributed by atoms with Crippen LogP contribution in [0.1, 0.15) is 20.3 Å². The molecular formula is C11H16N2. The second kappa shape index (κ2) is 3.02. The first kappa shape index (κ1) is 8.54. The highest BCUT2D eigenvalue weighted by atomic mass is 15.0. The predicted molar refractivity (Wildman–Crippen MR) is 54.3 cm³/mol. The molecular weight excluding hydrogens is 160 g/mol. The Hall–Kier alpha value is -1.05. The molecule has 1 aromatic rings. The summed E-state index contributed by atoms with van der Waals surface area (Å²) < 4.78 is 2.10. The summed E-state index contributed by atoms with van der Waals surface area (Å²) >= 11 is 0. The lowest BCUT2D eigenvalue weighted by Crippen LogP contribution is -2.31. The Morgan fingerprint density at radius 1 is 1.31 bits per heavy atom. The molecule has 0 bridgehead atoms. The first-order valence-corrected chi connectivity index (χ1v) is 5.05. The lowest BCUT2D eigenvalue weighted by atomic mass is 10.2. The highest BCUT2D eigenvalue weighted by Gasteiger charge is 2.35. The van der Waals surface area contributed by atoms with Gasteiger partial charge in [-0.2, -0.15) is 0 Å². The Morgan fingerprint density at radius 2 is 2.00 bits per heavy atom. The summed E-state index contributed by atoms with van der Waals surface area (Å²) in [4.78, 5) is 4.31. The molecule has 0 aliphatic heterocycles. The number of hydrogen-bond donors (Lipinski definition) is 0. The van der Waals surface area contributed by atoms with Gasteiger partial charge in [-0.3, -0.25) is 0 Å². The van der Waals surface area contributed by atoms with Gasteiger partial charge in [-0.1, -0.05) is 26.0 Å². The van der Waals surface area contributed by atoms with Crippen LogP contribution in [0.3, 0.4) is 0 Å². The number of aromatic nitrogens is 2. The van der Waals surface area contributed by atoms with Gasteiger partial charge >= 0.3 is 0 Å². The van der Waals surface area contributed by atoms with Gasteiger partial charge in [-0.05, 0) is 18.3 Å². The summed E-state index contributed by atoms with van der Waals surface area (Å²) in [6, 6.07) is 0. The minimum absolute atomic E-state index is 0.817. The molecule has 2 atom stereocenters. The van der Waals surface area contributed by atoms with Crippen LogP contribution in [-0.2, 0) is 7.05 Å². The second-order valence-electron chi connectivity index (χ2n) is 3.52. The van der Waals surface area contributed by atoms with Crippen LogP contribution >= 0.6 is 0 Å². The predicted octanol–water partition coefficient (Wildman–Crippen LogP) is 0.657. The van der Waals surface area contributed by atoms with Crippen LogP contribution < -0.4 is 10.7 Å². The fourth-order valence-electron chi connectivity index (χ4n) is 1.81. The van der Waals surface area contributed by atoms with E-state index in [9.17, 15) is 0 Å². The number of aryl methyl sites for hydroxylation is 1. The van der Waals surface area contributed by atoms with Gasteiger partial charge in [0, 0.05) is 7.05 Å². The minimum atomic E-state index is 0.817. The first-order valence-electron chi connectivity index (χ1n) is 5.05. The van der Waals surface area contributed by atoms with Gasteiger partial charge in [0.25, 0.3) is 0 Å². The topological polar surface area (TPSA) is 17.8 Å². The van der Waals surface area contributed by atoms with Crippen LogP contribution in [-0.4, -0.2) is 9.55 Å². The van der Waals surface area contributed by atoms with E-state index in [1.165, 1.54) is 17.1 Å². The summed E-state index contributed by atoms with van der Waals surface area (Å²) in [5.74, 6) is 1.65. The number of imidazole rings is 1. The zero-order chi connectivity index (χ0) is 9.42. The van der Waals surface area contributed by atoms with E-state index in [2.05, 4.69) is 28.8 Å². The highest BCUT2D eigenvalue weighted by Crippen LogP contribution is 2.41. The maximum absolute atomic E-state index is 4.31. The Morgan fingerprint density at radius 3 is 2.77 bits per heavy atom. The molecule has 1 saturated carbocycles. The molecule has 0 radical (unpaired) electrons. The zero-order valence-corrected chi connectivity index (χ0v) is 8.49. The van der Waals surface area contributed by atoms with Crippen molar-refractivity contribution in [2.75, 3.05) is 0 Å². The van der Waals surface area contributed by atoms with E-state index in [-0.39, 0.29) is 0 Å². The number of rotatable bonds is 0. The minimum Gasteiger partial charge on any atom is -0.334 e. The molecule has 0 spiro atoms. The molecule has 13 heavy (non-hydrogen) atoms. The van der Waals surface area contributed by atoms with Crippen LogP contribution in [0.25, 0.3) is 12.2 Å². The molecule has 0 amide bonds. The molecule has 0 saturated heterocycles. The van der Waals surface area contributed by atoms with E-state index in [4.69, 9.17) is 0 Å². The Balaban J connectivity index is 0.000000308. The van der Waals surface area contributed by atoms with E-state index < -0.39 is 0 Å². The Labute approximate surface area is 78.6 Å². The third-order valence-corrected chi connectivity index (χ3v) is 2.65. The molecule has 0 N–H and O–H groups in total. The van der Waals surface area contributed by atoms with Crippen molar-refractivity contribution >= 4 is 12.2 Å². The van der Waals surface area contributed by atoms with Gasteiger partial charge in [-0.25, -0.2) is 4.98 Å². The lowest BCUT2D eigenvalue weighted by Gasteiger charge is -1.93. The van der Waals surface area contributed by atoms with E-state index in [1.807, 2.05) is 20.2 Å². The maximum Gasteiger partial charge on any atom is 0.0955 e. The lowest BCUT2D eigenvalue weighted by molar-refractivity contribution is 0.869. The first-order chi connectivity index (χ1) is 6.34. The number of hydrogen-bond acceptors (Lipinski definition) is 1. The van der Waals surface area contributed by atoms with Gasteiger partial charge in [0.15, 0.2) is 0 Å². The van der Waals surface area contributed by atoms with Crippen molar-refractivity contribution in [2.45, 2.75) is 20.3 Å². The van der Waals surface area contributed by atoms with Gasteiger partial charge in [0.2, 0.25) is 0 Å². The van der Waals surface area contributed by atoms with Crippen LogP contribution in [0.15, 0.2) is 6.33 Å². The quantitative estimate of drug-likeness (QED) is 0.568. The SMILES string of the molecule is CC.Cn1cnc2c1=CC1CC1C=2. The normalized spacial score (nSPS) is 27.0. The molecule has 3 rings (SSSR count). The van der Waals surface area contributed by atoms with Crippen molar-refractivity contribution in [1.82, 2.24) is 9.55 Å². The molecule has 70 valence electrons. The molecule has 1 fully saturated rings. The molecule has 1 heterocycles. The smallest absolute Gasteiger partial charge is 0.0955 e. The highest BCUT2D eigenvalue weighted by molar-refractivity contribution is 5.46. The fourth-order valence-corrected chi connectivity index (χ4v) is 1.81. The van der Waals surface area contributed by atoms with Crippen LogP contribution in [0.4, 0.5) is 0 Å². The summed E-state index contributed by atoms with van der Waals surface area (Å²) in [5, 5.41) is 2.50. The zero-order valence-electron chi connectivity index (χ0n) is 8.49. The summed E-state index contributed by atoms with van der Waals surface area (Å²) in [7, 11) is 2.05. The van der Waals surface area contributed by atoms with Crippen molar-refractivity contribution in [2.24, 2.45) is 18.9 Å². The number of nitrogens with zero attached hydrogens (tertiary/aromatic N) is 2. The summed E-state index contributed by atoms with van der Waals surface area (Å²) in [6.07, 6.45) is 7.89. The molecule has 0 aromatic carbocycles. The van der Waals surface area contributed by atoms with Crippen molar-refractivity contribution in [3.8, 4) is 0 Å². The second-order valence-corrected chi connectivity index (χ2v) is 3.52. The largest absolute Gasteiger partial charge is 0.334 e. The van der Waals surface area contributed by atoms with Crippen LogP contribution in [0.5, 0.6) is 0 Å². The molecule has 2 heteroatoms. The average Bonchev–Trinajstić information content (AvgIpc) is 2.85. The molecule has 2 aliphatic carbocycles. The van der Waals surface area contributed by atoms with Crippen LogP contribution in [0.2, 0.25) is 0 Å². The van der Waals surface area contributed by atoms with Crippen LogP contribution in [0, 0.1) is 11.8 Å². The van der Waals surface area contributed by atoms with E-state index in [0.717, 1.165) is 11.8 Å². The maximum atomic E-state index is 4.31. The average molecular weight is 176 g/mol. The summed E-state index contributed by atoms with van der Waals surface area (Å²) in [6.45, 7) is 4.00. The number of fused-ring (bicyclic) bond motifs is 2. The van der Waals surface area contributed by atoms with E-state index >= 15 is 0 Å². The third kappa shape index (κ3) is 1.30. The van der Waals surface area contributed by atoms with Gasteiger partial charge in [0.1, 0.15) is 0 Å². The Bertz CT molecular complexity index is 414.